The van der Waals surface area contributed by atoms with Gasteiger partial charge in [-0.3, -0.25) is 0 Å². The maximum absolute atomic E-state index is 4.53. The lowest BCUT2D eigenvalue weighted by molar-refractivity contribution is 0.827. The van der Waals surface area contributed by atoms with Crippen molar-refractivity contribution in [2.45, 2.75) is 34.6 Å². The first kappa shape index (κ1) is 12.7. The highest BCUT2D eigenvalue weighted by molar-refractivity contribution is 5.58. The van der Waals surface area contributed by atoms with Gasteiger partial charge in [0.15, 0.2) is 0 Å². The van der Waals surface area contributed by atoms with Gasteiger partial charge in [0.05, 0.1) is 0 Å². The SMILES string of the molecule is CCNc1nc(C)nc(N(CC)CC)c1C. The van der Waals surface area contributed by atoms with E-state index in [2.05, 4.69) is 47.9 Å². The molecule has 0 aliphatic rings. The molecule has 0 aromatic carbocycles. The molecule has 0 radical (unpaired) electrons. The fraction of sp³-hybridized carbons (Fsp3) is 0.667. The Bertz CT molecular complexity index is 345. The van der Waals surface area contributed by atoms with Crippen LogP contribution in [0.2, 0.25) is 0 Å². The summed E-state index contributed by atoms with van der Waals surface area (Å²) in [5.74, 6) is 2.83. The minimum atomic E-state index is 0.823. The molecule has 4 nitrogen and oxygen atoms in total. The molecule has 0 unspecified atom stereocenters. The number of aryl methyl sites for hydroxylation is 1. The molecule has 0 saturated heterocycles. The minimum absolute atomic E-state index is 0.823. The van der Waals surface area contributed by atoms with E-state index >= 15 is 0 Å². The first-order valence-corrected chi connectivity index (χ1v) is 5.98. The molecule has 0 saturated carbocycles. The normalized spacial score (nSPS) is 10.3. The van der Waals surface area contributed by atoms with E-state index in [1.807, 2.05) is 6.92 Å². The summed E-state index contributed by atoms with van der Waals surface area (Å²) in [5, 5.41) is 3.28. The van der Waals surface area contributed by atoms with Crippen molar-refractivity contribution in [2.75, 3.05) is 29.9 Å². The lowest BCUT2D eigenvalue weighted by Crippen LogP contribution is -2.25. The van der Waals surface area contributed by atoms with Crippen LogP contribution >= 0.6 is 0 Å². The average Bonchev–Trinajstić information content (AvgIpc) is 2.26. The van der Waals surface area contributed by atoms with Crippen molar-refractivity contribution in [3.05, 3.63) is 11.4 Å². The van der Waals surface area contributed by atoms with Crippen LogP contribution in [-0.2, 0) is 0 Å². The van der Waals surface area contributed by atoms with Crippen molar-refractivity contribution in [3.8, 4) is 0 Å². The highest BCUT2D eigenvalue weighted by Gasteiger charge is 2.12. The van der Waals surface area contributed by atoms with Crippen molar-refractivity contribution < 1.29 is 0 Å². The zero-order valence-corrected chi connectivity index (χ0v) is 11.0. The molecule has 1 heterocycles. The third-order valence-corrected chi connectivity index (χ3v) is 2.64. The predicted molar refractivity (Wildman–Crippen MR) is 69.2 cm³/mol. The first-order valence-electron chi connectivity index (χ1n) is 5.98. The summed E-state index contributed by atoms with van der Waals surface area (Å²) in [6.07, 6.45) is 0. The van der Waals surface area contributed by atoms with Gasteiger partial charge in [0.1, 0.15) is 17.5 Å². The van der Waals surface area contributed by atoms with Gasteiger partial charge in [-0.05, 0) is 34.6 Å². The van der Waals surface area contributed by atoms with E-state index in [9.17, 15) is 0 Å². The summed E-state index contributed by atoms with van der Waals surface area (Å²) in [4.78, 5) is 11.2. The smallest absolute Gasteiger partial charge is 0.137 e. The fourth-order valence-corrected chi connectivity index (χ4v) is 1.78. The quantitative estimate of drug-likeness (QED) is 0.830. The van der Waals surface area contributed by atoms with E-state index in [4.69, 9.17) is 0 Å². The standard InChI is InChI=1S/C12H22N4/c1-6-13-11-9(4)12(15-10(5)14-11)16(7-2)8-3/h6-8H2,1-5H3,(H,13,14,15). The highest BCUT2D eigenvalue weighted by atomic mass is 15.2. The van der Waals surface area contributed by atoms with Crippen LogP contribution in [0.5, 0.6) is 0 Å². The second-order valence-electron chi connectivity index (χ2n) is 3.77. The summed E-state index contributed by atoms with van der Waals surface area (Å²) in [6.45, 7) is 13.2. The Kier molecular flexibility index (Phi) is 4.52. The number of anilines is 2. The van der Waals surface area contributed by atoms with Gasteiger partial charge >= 0.3 is 0 Å². The minimum Gasteiger partial charge on any atom is -0.370 e. The molecule has 0 bridgehead atoms. The van der Waals surface area contributed by atoms with E-state index in [0.29, 0.717) is 0 Å². The Labute approximate surface area is 98.1 Å². The van der Waals surface area contributed by atoms with Gasteiger partial charge < -0.3 is 10.2 Å². The topological polar surface area (TPSA) is 41.1 Å². The zero-order valence-electron chi connectivity index (χ0n) is 11.0. The molecule has 1 aromatic rings. The van der Waals surface area contributed by atoms with E-state index in [-0.39, 0.29) is 0 Å². The van der Waals surface area contributed by atoms with Crippen molar-refractivity contribution in [2.24, 2.45) is 0 Å². The number of aromatic nitrogens is 2. The van der Waals surface area contributed by atoms with Crippen LogP contribution in [0.1, 0.15) is 32.2 Å². The van der Waals surface area contributed by atoms with E-state index in [1.54, 1.807) is 0 Å². The van der Waals surface area contributed by atoms with E-state index in [1.165, 1.54) is 0 Å². The molecule has 0 spiro atoms. The van der Waals surface area contributed by atoms with E-state index in [0.717, 1.165) is 42.7 Å². The van der Waals surface area contributed by atoms with Crippen LogP contribution in [0.25, 0.3) is 0 Å². The van der Waals surface area contributed by atoms with Crippen molar-refractivity contribution >= 4 is 11.6 Å². The van der Waals surface area contributed by atoms with Crippen LogP contribution < -0.4 is 10.2 Å². The second-order valence-corrected chi connectivity index (χ2v) is 3.77. The first-order chi connectivity index (χ1) is 7.63. The van der Waals surface area contributed by atoms with Crippen LogP contribution in [0.4, 0.5) is 11.6 Å². The fourth-order valence-electron chi connectivity index (χ4n) is 1.78. The Morgan fingerprint density at radius 3 is 2.19 bits per heavy atom. The largest absolute Gasteiger partial charge is 0.370 e. The maximum Gasteiger partial charge on any atom is 0.137 e. The van der Waals surface area contributed by atoms with Crippen molar-refractivity contribution in [1.29, 1.82) is 0 Å². The molecule has 16 heavy (non-hydrogen) atoms. The number of nitrogens with zero attached hydrogens (tertiary/aromatic N) is 3. The summed E-state index contributed by atoms with van der Waals surface area (Å²) in [6, 6.07) is 0. The molecule has 1 N–H and O–H groups in total. The lowest BCUT2D eigenvalue weighted by atomic mass is 10.2. The van der Waals surface area contributed by atoms with Crippen LogP contribution in [0.3, 0.4) is 0 Å². The van der Waals surface area contributed by atoms with Crippen LogP contribution in [0.15, 0.2) is 0 Å². The molecule has 0 aliphatic carbocycles. The van der Waals surface area contributed by atoms with Crippen molar-refractivity contribution in [3.63, 3.8) is 0 Å². The Morgan fingerprint density at radius 2 is 1.69 bits per heavy atom. The molecule has 1 rings (SSSR count). The molecular formula is C12H22N4. The molecular weight excluding hydrogens is 200 g/mol. The lowest BCUT2D eigenvalue weighted by Gasteiger charge is -2.23. The van der Waals surface area contributed by atoms with Gasteiger partial charge in [-0.25, -0.2) is 9.97 Å². The summed E-state index contributed by atoms with van der Waals surface area (Å²) >= 11 is 0. The Hall–Kier alpha value is -1.32. The number of rotatable bonds is 5. The van der Waals surface area contributed by atoms with Gasteiger partial charge in [0.25, 0.3) is 0 Å². The van der Waals surface area contributed by atoms with Gasteiger partial charge in [0.2, 0.25) is 0 Å². The Balaban J connectivity index is 3.17. The monoisotopic (exact) mass is 222 g/mol. The number of hydrogen-bond acceptors (Lipinski definition) is 4. The second kappa shape index (κ2) is 5.68. The molecule has 0 aliphatic heterocycles. The van der Waals surface area contributed by atoms with Gasteiger partial charge in [-0.1, -0.05) is 0 Å². The van der Waals surface area contributed by atoms with E-state index < -0.39 is 0 Å². The number of nitrogens with one attached hydrogen (secondary N) is 1. The van der Waals surface area contributed by atoms with Crippen LogP contribution in [-0.4, -0.2) is 29.6 Å². The van der Waals surface area contributed by atoms with Gasteiger partial charge in [0, 0.05) is 25.2 Å². The molecule has 1 aromatic heterocycles. The predicted octanol–water partition coefficient (Wildman–Crippen LogP) is 2.37. The maximum atomic E-state index is 4.53. The Morgan fingerprint density at radius 1 is 1.06 bits per heavy atom. The van der Waals surface area contributed by atoms with Gasteiger partial charge in [-0.2, -0.15) is 0 Å². The molecule has 90 valence electrons. The third-order valence-electron chi connectivity index (χ3n) is 2.64. The van der Waals surface area contributed by atoms with Gasteiger partial charge in [-0.15, -0.1) is 0 Å². The third kappa shape index (κ3) is 2.62. The summed E-state index contributed by atoms with van der Waals surface area (Å²) in [7, 11) is 0. The van der Waals surface area contributed by atoms with Crippen molar-refractivity contribution in [1.82, 2.24) is 9.97 Å². The molecule has 0 amide bonds. The summed E-state index contributed by atoms with van der Waals surface area (Å²) < 4.78 is 0. The number of hydrogen-bond donors (Lipinski definition) is 1. The average molecular weight is 222 g/mol. The van der Waals surface area contributed by atoms with Crippen LogP contribution in [0, 0.1) is 13.8 Å². The molecule has 4 heteroatoms. The zero-order chi connectivity index (χ0) is 12.1. The molecule has 0 fully saturated rings. The molecule has 0 atom stereocenters. The highest BCUT2D eigenvalue weighted by Crippen LogP contribution is 2.23. The summed E-state index contributed by atoms with van der Waals surface area (Å²) in [5.41, 5.74) is 1.14.